The largest absolute Gasteiger partial charge is 0.490 e. The Morgan fingerprint density at radius 2 is 2.25 bits per heavy atom. The second-order valence-corrected chi connectivity index (χ2v) is 6.35. The molecule has 0 unspecified atom stereocenters. The van der Waals surface area contributed by atoms with Crippen LogP contribution in [0, 0.1) is 10.1 Å². The van der Waals surface area contributed by atoms with Gasteiger partial charge in [0.25, 0.3) is 0 Å². The number of fused-ring (bicyclic) bond motifs is 1. The van der Waals surface area contributed by atoms with Crippen molar-refractivity contribution < 1.29 is 14.5 Å². The lowest BCUT2D eigenvalue weighted by Crippen LogP contribution is -2.01. The first-order valence-corrected chi connectivity index (χ1v) is 8.93. The molecule has 4 aromatic rings. The molecule has 0 saturated heterocycles. The summed E-state index contributed by atoms with van der Waals surface area (Å²) >= 11 is 1.23. The summed E-state index contributed by atoms with van der Waals surface area (Å²) in [5.41, 5.74) is 1.96. The number of aromatic nitrogens is 4. The van der Waals surface area contributed by atoms with Crippen LogP contribution in [0.3, 0.4) is 0 Å². The third kappa shape index (κ3) is 3.05. The zero-order chi connectivity index (χ0) is 19.7. The molecule has 3 heterocycles. The van der Waals surface area contributed by atoms with Crippen molar-refractivity contribution in [3.8, 4) is 11.4 Å². The summed E-state index contributed by atoms with van der Waals surface area (Å²) < 4.78 is 11.0. The molecular formula is C18H13N5O4S. The number of carbonyl (C=O) groups is 1. The summed E-state index contributed by atoms with van der Waals surface area (Å²) in [7, 11) is 1.37. The number of H-pyrrole nitrogens is 1. The lowest BCUT2D eigenvalue weighted by atomic mass is 10.2. The Morgan fingerprint density at radius 1 is 1.39 bits per heavy atom. The number of nitro groups is 1. The Bertz CT molecular complexity index is 1210. The van der Waals surface area contributed by atoms with Gasteiger partial charge >= 0.3 is 5.69 Å². The standard InChI is InChI=1S/C18H13N5O4S/c1-27-16-6-4-11(9-14(16)23(25)26)22-17(20-13-10-28-21-18(13)22)7-5-15(24)12-3-2-8-19-12/h2-10,19H,1H3. The first kappa shape index (κ1) is 17.6. The van der Waals surface area contributed by atoms with Gasteiger partial charge in [-0.3, -0.25) is 19.5 Å². The number of hydrogen-bond donors (Lipinski definition) is 1. The number of aromatic amines is 1. The maximum Gasteiger partial charge on any atom is 0.313 e. The van der Waals surface area contributed by atoms with Crippen LogP contribution < -0.4 is 4.74 Å². The second kappa shape index (κ2) is 7.08. The van der Waals surface area contributed by atoms with Gasteiger partial charge in [0.2, 0.25) is 5.78 Å². The van der Waals surface area contributed by atoms with Crippen molar-refractivity contribution in [1.82, 2.24) is 18.9 Å². The summed E-state index contributed by atoms with van der Waals surface area (Å²) in [6.07, 6.45) is 4.62. The lowest BCUT2D eigenvalue weighted by Gasteiger charge is -2.08. The van der Waals surface area contributed by atoms with E-state index in [9.17, 15) is 14.9 Å². The van der Waals surface area contributed by atoms with E-state index in [1.54, 1.807) is 40.4 Å². The number of allylic oxidation sites excluding steroid dienone is 1. The van der Waals surface area contributed by atoms with E-state index >= 15 is 0 Å². The third-order valence-corrected chi connectivity index (χ3v) is 4.68. The number of rotatable bonds is 6. The fourth-order valence-electron chi connectivity index (χ4n) is 2.79. The zero-order valence-corrected chi connectivity index (χ0v) is 15.3. The van der Waals surface area contributed by atoms with Gasteiger partial charge in [-0.1, -0.05) is 0 Å². The normalized spacial score (nSPS) is 11.3. The average molecular weight is 395 g/mol. The molecule has 10 heteroatoms. The monoisotopic (exact) mass is 395 g/mol. The highest BCUT2D eigenvalue weighted by molar-refractivity contribution is 7.04. The summed E-state index contributed by atoms with van der Waals surface area (Å²) in [4.78, 5) is 30.4. The molecule has 4 rings (SSSR count). The number of nitrogens with one attached hydrogen (secondary N) is 1. The van der Waals surface area contributed by atoms with Gasteiger partial charge in [0.15, 0.2) is 11.4 Å². The van der Waals surface area contributed by atoms with Crippen molar-refractivity contribution in [3.05, 3.63) is 69.6 Å². The van der Waals surface area contributed by atoms with E-state index in [1.165, 1.54) is 36.9 Å². The fourth-order valence-corrected chi connectivity index (χ4v) is 3.38. The number of hydrogen-bond acceptors (Lipinski definition) is 7. The van der Waals surface area contributed by atoms with Crippen molar-refractivity contribution in [2.75, 3.05) is 7.11 Å². The minimum Gasteiger partial charge on any atom is -0.490 e. The molecule has 0 bridgehead atoms. The van der Waals surface area contributed by atoms with E-state index in [4.69, 9.17) is 4.74 Å². The third-order valence-electron chi connectivity index (χ3n) is 4.07. The number of methoxy groups -OCH3 is 1. The number of nitrogens with zero attached hydrogens (tertiary/aromatic N) is 4. The minimum atomic E-state index is -0.512. The molecule has 1 aromatic carbocycles. The SMILES string of the molecule is COc1ccc(-n2c(C=CC(=O)c3ccc[nH]3)nc3csnc32)cc1[N+](=O)[O-]. The van der Waals surface area contributed by atoms with Crippen molar-refractivity contribution >= 4 is 40.2 Å². The Balaban J connectivity index is 1.82. The highest BCUT2D eigenvalue weighted by atomic mass is 32.1. The van der Waals surface area contributed by atoms with Gasteiger partial charge in [-0.25, -0.2) is 4.98 Å². The van der Waals surface area contributed by atoms with E-state index < -0.39 is 4.92 Å². The molecule has 9 nitrogen and oxygen atoms in total. The summed E-state index contributed by atoms with van der Waals surface area (Å²) in [5, 5.41) is 13.1. The number of nitro benzene ring substituents is 1. The Hall–Kier alpha value is -3.79. The molecule has 0 radical (unpaired) electrons. The average Bonchev–Trinajstić information content (AvgIpc) is 3.42. The highest BCUT2D eigenvalue weighted by Crippen LogP contribution is 2.31. The summed E-state index contributed by atoms with van der Waals surface area (Å²) in [6.45, 7) is 0. The van der Waals surface area contributed by atoms with Crippen molar-refractivity contribution in [2.24, 2.45) is 0 Å². The zero-order valence-electron chi connectivity index (χ0n) is 14.5. The van der Waals surface area contributed by atoms with Crippen molar-refractivity contribution in [3.63, 3.8) is 0 Å². The predicted octanol–water partition coefficient (Wildman–Crippen LogP) is 3.62. The van der Waals surface area contributed by atoms with Crippen LogP contribution >= 0.6 is 11.5 Å². The first-order chi connectivity index (χ1) is 13.6. The first-order valence-electron chi connectivity index (χ1n) is 8.10. The molecule has 0 saturated carbocycles. The van der Waals surface area contributed by atoms with Crippen LogP contribution in [0.15, 0.2) is 48.0 Å². The second-order valence-electron chi connectivity index (χ2n) is 5.72. The molecule has 1 N–H and O–H groups in total. The predicted molar refractivity (Wildman–Crippen MR) is 104 cm³/mol. The van der Waals surface area contributed by atoms with Gasteiger partial charge in [-0.15, -0.1) is 0 Å². The molecule has 0 fully saturated rings. The molecule has 0 aliphatic heterocycles. The van der Waals surface area contributed by atoms with Gasteiger partial charge in [0.1, 0.15) is 11.3 Å². The minimum absolute atomic E-state index is 0.155. The van der Waals surface area contributed by atoms with Crippen LogP contribution in [-0.2, 0) is 0 Å². The van der Waals surface area contributed by atoms with Gasteiger partial charge in [0, 0.05) is 17.6 Å². The van der Waals surface area contributed by atoms with Crippen LogP contribution in [-0.4, -0.2) is 36.7 Å². The van der Waals surface area contributed by atoms with E-state index in [1.807, 2.05) is 0 Å². The van der Waals surface area contributed by atoms with Crippen LogP contribution in [0.4, 0.5) is 5.69 Å². The van der Waals surface area contributed by atoms with Crippen LogP contribution in [0.2, 0.25) is 0 Å². The molecule has 28 heavy (non-hydrogen) atoms. The van der Waals surface area contributed by atoms with Gasteiger partial charge < -0.3 is 9.72 Å². The summed E-state index contributed by atoms with van der Waals surface area (Å²) in [6, 6.07) is 7.99. The van der Waals surface area contributed by atoms with E-state index in [2.05, 4.69) is 14.3 Å². The molecule has 0 aliphatic carbocycles. The highest BCUT2D eigenvalue weighted by Gasteiger charge is 2.19. The Labute approximate surface area is 162 Å². The molecule has 0 aliphatic rings. The van der Waals surface area contributed by atoms with E-state index in [0.717, 1.165) is 0 Å². The molecule has 3 aromatic heterocycles. The molecule has 0 amide bonds. The van der Waals surface area contributed by atoms with Gasteiger partial charge in [0.05, 0.1) is 23.4 Å². The fraction of sp³-hybridized carbons (Fsp3) is 0.0556. The molecular weight excluding hydrogens is 382 g/mol. The Morgan fingerprint density at radius 3 is 2.96 bits per heavy atom. The number of ketones is 1. The molecule has 0 spiro atoms. The van der Waals surface area contributed by atoms with E-state index in [0.29, 0.717) is 28.4 Å². The van der Waals surface area contributed by atoms with Crippen LogP contribution in [0.5, 0.6) is 5.75 Å². The Kier molecular flexibility index (Phi) is 4.45. The van der Waals surface area contributed by atoms with Crippen molar-refractivity contribution in [1.29, 1.82) is 0 Å². The molecule has 140 valence electrons. The number of imidazole rings is 1. The van der Waals surface area contributed by atoms with Gasteiger partial charge in [-0.2, -0.15) is 4.37 Å². The maximum absolute atomic E-state index is 12.2. The van der Waals surface area contributed by atoms with Gasteiger partial charge in [-0.05, 0) is 47.9 Å². The van der Waals surface area contributed by atoms with Crippen LogP contribution in [0.25, 0.3) is 22.9 Å². The van der Waals surface area contributed by atoms with Crippen LogP contribution in [0.1, 0.15) is 16.3 Å². The van der Waals surface area contributed by atoms with E-state index in [-0.39, 0.29) is 17.2 Å². The summed E-state index contributed by atoms with van der Waals surface area (Å²) in [5.74, 6) is 0.378. The smallest absolute Gasteiger partial charge is 0.313 e. The lowest BCUT2D eigenvalue weighted by molar-refractivity contribution is -0.385. The maximum atomic E-state index is 12.2. The van der Waals surface area contributed by atoms with Crippen molar-refractivity contribution in [2.45, 2.75) is 0 Å². The number of carbonyl (C=O) groups excluding carboxylic acids is 1. The quantitative estimate of drug-likeness (QED) is 0.231. The number of benzene rings is 1. The molecule has 0 atom stereocenters. The topological polar surface area (TPSA) is 116 Å². The number of ether oxygens (including phenoxy) is 1.